The maximum Gasteiger partial charge on any atom is 0.251 e. The molecule has 4 rings (SSSR count). The molecule has 0 aliphatic carbocycles. The maximum absolute atomic E-state index is 12.9. The van der Waals surface area contributed by atoms with Crippen molar-refractivity contribution in [1.82, 2.24) is 5.32 Å². The number of amides is 1. The number of carbonyl (C=O) groups is 1. The number of aliphatic hydroxyl groups excluding tert-OH is 1. The summed E-state index contributed by atoms with van der Waals surface area (Å²) >= 11 is 6.30. The van der Waals surface area contributed by atoms with Crippen molar-refractivity contribution in [2.24, 2.45) is 4.99 Å². The summed E-state index contributed by atoms with van der Waals surface area (Å²) in [6, 6.07) is 13.0. The van der Waals surface area contributed by atoms with Crippen molar-refractivity contribution in [3.63, 3.8) is 0 Å². The van der Waals surface area contributed by atoms with Crippen molar-refractivity contribution in [2.45, 2.75) is 64.8 Å². The Labute approximate surface area is 217 Å². The van der Waals surface area contributed by atoms with Gasteiger partial charge in [-0.05, 0) is 50.5 Å². The van der Waals surface area contributed by atoms with E-state index in [-0.39, 0.29) is 30.4 Å². The van der Waals surface area contributed by atoms with E-state index in [9.17, 15) is 9.90 Å². The molecular formula is C28H35ClN3O4+. The van der Waals surface area contributed by atoms with Crippen molar-refractivity contribution >= 4 is 29.0 Å². The fraction of sp³-hybridized carbons (Fsp3) is 0.429. The topological polar surface area (TPSA) is 84.6 Å². The van der Waals surface area contributed by atoms with E-state index in [1.165, 1.54) is 0 Å². The van der Waals surface area contributed by atoms with E-state index in [0.29, 0.717) is 35.8 Å². The largest absolute Gasteiger partial charge is 0.489 e. The molecule has 0 radical (unpaired) electrons. The quantitative estimate of drug-likeness (QED) is 0.479. The third kappa shape index (κ3) is 6.16. The molecule has 8 heteroatoms. The Balaban J connectivity index is 1.42. The Kier molecular flexibility index (Phi) is 8.15. The fourth-order valence-electron chi connectivity index (χ4n) is 4.54. The first kappa shape index (κ1) is 26.4. The highest BCUT2D eigenvalue weighted by molar-refractivity contribution is 6.32. The van der Waals surface area contributed by atoms with Crippen molar-refractivity contribution in [3.8, 4) is 5.75 Å². The third-order valence-electron chi connectivity index (χ3n) is 6.40. The molecule has 36 heavy (non-hydrogen) atoms. The number of hydrogen-bond donors (Lipinski definition) is 3. The van der Waals surface area contributed by atoms with E-state index in [2.05, 4.69) is 49.6 Å². The van der Waals surface area contributed by atoms with E-state index in [0.717, 1.165) is 34.0 Å². The number of aliphatic hydroxyl groups is 1. The van der Waals surface area contributed by atoms with Gasteiger partial charge in [-0.2, -0.15) is 4.99 Å². The summed E-state index contributed by atoms with van der Waals surface area (Å²) in [5, 5.41) is 13.0. The zero-order valence-electron chi connectivity index (χ0n) is 21.3. The first-order valence-corrected chi connectivity index (χ1v) is 12.8. The summed E-state index contributed by atoms with van der Waals surface area (Å²) < 4.78 is 11.6. The Bertz CT molecular complexity index is 1160. The summed E-state index contributed by atoms with van der Waals surface area (Å²) in [6.45, 7) is 8.67. The van der Waals surface area contributed by atoms with Crippen molar-refractivity contribution in [3.05, 3.63) is 70.4 Å². The van der Waals surface area contributed by atoms with Gasteiger partial charge in [-0.25, -0.2) is 4.90 Å². The smallest absolute Gasteiger partial charge is 0.251 e. The molecule has 2 unspecified atom stereocenters. The monoisotopic (exact) mass is 512 g/mol. The molecular weight excluding hydrogens is 478 g/mol. The molecule has 2 aliphatic rings. The van der Waals surface area contributed by atoms with Crippen LogP contribution >= 0.6 is 11.6 Å². The normalized spacial score (nSPS) is 19.4. The molecule has 3 N–H and O–H groups in total. The minimum Gasteiger partial charge on any atom is -0.489 e. The van der Waals surface area contributed by atoms with Crippen LogP contribution in [0.2, 0.25) is 5.02 Å². The predicted molar refractivity (Wildman–Crippen MR) is 141 cm³/mol. The van der Waals surface area contributed by atoms with Crippen LogP contribution in [0.15, 0.2) is 53.7 Å². The highest BCUT2D eigenvalue weighted by Gasteiger charge is 2.42. The second kappa shape index (κ2) is 11.1. The molecule has 0 aromatic heterocycles. The number of quaternary nitrogens is 1. The van der Waals surface area contributed by atoms with Crippen LogP contribution in [0.3, 0.4) is 0 Å². The lowest BCUT2D eigenvalue weighted by Crippen LogP contribution is -3.18. The van der Waals surface area contributed by atoms with E-state index in [4.69, 9.17) is 26.1 Å². The molecule has 0 saturated carbocycles. The second-order valence-corrected chi connectivity index (χ2v) is 10.4. The lowest BCUT2D eigenvalue weighted by atomic mass is 10.0. The van der Waals surface area contributed by atoms with Crippen molar-refractivity contribution < 1.29 is 24.3 Å². The molecule has 2 aromatic carbocycles. The minimum atomic E-state index is -0.319. The van der Waals surface area contributed by atoms with E-state index >= 15 is 0 Å². The highest BCUT2D eigenvalue weighted by Crippen LogP contribution is 2.27. The van der Waals surface area contributed by atoms with Crippen LogP contribution in [-0.4, -0.2) is 47.9 Å². The molecule has 2 aliphatic heterocycles. The molecule has 1 fully saturated rings. The number of nitrogens with zero attached hydrogens (tertiary/aromatic N) is 1. The Morgan fingerprint density at radius 3 is 2.64 bits per heavy atom. The van der Waals surface area contributed by atoms with Gasteiger partial charge in [0.1, 0.15) is 17.6 Å². The van der Waals surface area contributed by atoms with Gasteiger partial charge in [0.15, 0.2) is 0 Å². The number of amidine groups is 1. The predicted octanol–water partition coefficient (Wildman–Crippen LogP) is 3.60. The van der Waals surface area contributed by atoms with Crippen LogP contribution in [0.25, 0.3) is 5.70 Å². The number of aliphatic imine (C=N–C) groups is 1. The molecule has 192 valence electrons. The molecule has 2 heterocycles. The maximum atomic E-state index is 12.9. The number of ether oxygens (including phenoxy) is 2. The zero-order chi connectivity index (χ0) is 25.9. The standard InChI is InChI=1S/C28H34ClN3O4/c1-18(2)36-25-10-9-21(16-23(25)29)27(34)30-22(11-13-33)15-19-5-7-20(8-6-19)24-17-32-26(31-24)12-14-35-28(32,3)4/h5-10,16-18,22,33H,11-15H2,1-4H3,(H,30,34)/p+1. The molecule has 1 amide bonds. The zero-order valence-corrected chi connectivity index (χ0v) is 22.1. The van der Waals surface area contributed by atoms with E-state index in [1.54, 1.807) is 18.2 Å². The fourth-order valence-corrected chi connectivity index (χ4v) is 4.76. The van der Waals surface area contributed by atoms with Gasteiger partial charge in [0.25, 0.3) is 5.91 Å². The summed E-state index contributed by atoms with van der Waals surface area (Å²) in [5.41, 5.74) is 3.20. The van der Waals surface area contributed by atoms with Crippen LogP contribution in [0.1, 0.15) is 62.0 Å². The van der Waals surface area contributed by atoms with Gasteiger partial charge in [0, 0.05) is 37.6 Å². The third-order valence-corrected chi connectivity index (χ3v) is 6.69. The molecule has 7 nitrogen and oxygen atoms in total. The number of hydrogen-bond acceptors (Lipinski definition) is 5. The second-order valence-electron chi connectivity index (χ2n) is 10.0. The van der Waals surface area contributed by atoms with Gasteiger partial charge in [-0.1, -0.05) is 35.9 Å². The first-order chi connectivity index (χ1) is 17.2. The van der Waals surface area contributed by atoms with Crippen LogP contribution in [0, 0.1) is 0 Å². The van der Waals surface area contributed by atoms with Crippen LogP contribution < -0.4 is 15.0 Å². The number of fused-ring (bicyclic) bond motifs is 1. The van der Waals surface area contributed by atoms with Crippen molar-refractivity contribution in [1.29, 1.82) is 0 Å². The average Bonchev–Trinajstić information content (AvgIpc) is 3.27. The Morgan fingerprint density at radius 1 is 1.25 bits per heavy atom. The number of benzene rings is 2. The summed E-state index contributed by atoms with van der Waals surface area (Å²) in [4.78, 5) is 18.9. The number of carbonyl (C=O) groups excluding carboxylic acids is 1. The summed E-state index contributed by atoms with van der Waals surface area (Å²) in [7, 11) is 0. The molecule has 0 spiro atoms. The average molecular weight is 513 g/mol. The van der Waals surface area contributed by atoms with Gasteiger partial charge in [0.05, 0.1) is 24.2 Å². The van der Waals surface area contributed by atoms with Gasteiger partial charge in [-0.3, -0.25) is 4.79 Å². The number of nitrogens with one attached hydrogen (secondary N) is 2. The van der Waals surface area contributed by atoms with E-state index in [1.807, 2.05) is 13.8 Å². The van der Waals surface area contributed by atoms with Crippen LogP contribution in [-0.2, 0) is 11.2 Å². The highest BCUT2D eigenvalue weighted by atomic mass is 35.5. The van der Waals surface area contributed by atoms with Gasteiger partial charge in [-0.15, -0.1) is 0 Å². The Morgan fingerprint density at radius 2 is 2.00 bits per heavy atom. The van der Waals surface area contributed by atoms with Gasteiger partial charge >= 0.3 is 0 Å². The SMILES string of the molecule is CC(C)Oc1ccc(C(=O)NC(CCO)Cc2ccc(C3=C[NH+]4C(=N3)CCOC4(C)C)cc2)cc1Cl. The van der Waals surface area contributed by atoms with Crippen molar-refractivity contribution in [2.75, 3.05) is 13.2 Å². The lowest BCUT2D eigenvalue weighted by Gasteiger charge is -2.34. The number of halogens is 1. The van der Waals surface area contributed by atoms with Gasteiger partial charge < -0.3 is 19.9 Å². The van der Waals surface area contributed by atoms with Gasteiger partial charge in [0.2, 0.25) is 11.6 Å². The minimum absolute atomic E-state index is 0.0105. The number of rotatable bonds is 9. The Hall–Kier alpha value is -2.71. The molecule has 1 saturated heterocycles. The molecule has 2 atom stereocenters. The van der Waals surface area contributed by atoms with Crippen LogP contribution in [0.4, 0.5) is 0 Å². The molecule has 0 bridgehead atoms. The molecule has 2 aromatic rings. The van der Waals surface area contributed by atoms with E-state index < -0.39 is 0 Å². The summed E-state index contributed by atoms with van der Waals surface area (Å²) in [5.74, 6) is 1.42. The van der Waals surface area contributed by atoms with Crippen LogP contribution in [0.5, 0.6) is 5.75 Å². The summed E-state index contributed by atoms with van der Waals surface area (Å²) in [6.07, 6.45) is 3.99. The lowest BCUT2D eigenvalue weighted by molar-refractivity contribution is -0.848. The first-order valence-electron chi connectivity index (χ1n) is 12.4.